The fourth-order valence-electron chi connectivity index (χ4n) is 1.75. The molecule has 4 nitrogen and oxygen atoms in total. The van der Waals surface area contributed by atoms with E-state index in [1.165, 1.54) is 5.56 Å². The van der Waals surface area contributed by atoms with Crippen LogP contribution >= 0.6 is 11.8 Å². The molecule has 5 heteroatoms. The zero-order valence-corrected chi connectivity index (χ0v) is 13.5. The highest BCUT2D eigenvalue weighted by atomic mass is 32.2. The summed E-state index contributed by atoms with van der Waals surface area (Å²) in [5.74, 6) is 0.138. The van der Waals surface area contributed by atoms with Crippen LogP contribution in [0, 0.1) is 0 Å². The molecule has 0 saturated carbocycles. The maximum absolute atomic E-state index is 11.9. The van der Waals surface area contributed by atoms with Crippen molar-refractivity contribution in [1.82, 2.24) is 10.2 Å². The van der Waals surface area contributed by atoms with Gasteiger partial charge in [0.1, 0.15) is 0 Å². The number of methoxy groups -OCH3 is 1. The van der Waals surface area contributed by atoms with Crippen molar-refractivity contribution in [2.24, 2.45) is 0 Å². The molecule has 1 amide bonds. The zero-order valence-electron chi connectivity index (χ0n) is 12.7. The van der Waals surface area contributed by atoms with Gasteiger partial charge in [-0.2, -0.15) is 0 Å². The standard InChI is InChI=1S/C15H24N2O2S/c1-12(15(18)17(2)3)20-14-7-5-6-13(10-14)11-16-8-9-19-4/h5-7,10,12,16H,8-9,11H2,1-4H3. The number of hydrogen-bond acceptors (Lipinski definition) is 4. The molecule has 0 heterocycles. The molecule has 0 aromatic heterocycles. The summed E-state index contributed by atoms with van der Waals surface area (Å²) >= 11 is 1.59. The molecule has 1 aromatic carbocycles. The van der Waals surface area contributed by atoms with Gasteiger partial charge in [0.25, 0.3) is 0 Å². The molecular formula is C15H24N2O2S. The predicted molar refractivity (Wildman–Crippen MR) is 84.0 cm³/mol. The summed E-state index contributed by atoms with van der Waals surface area (Å²) < 4.78 is 5.00. The predicted octanol–water partition coefficient (Wildman–Crippen LogP) is 1.99. The molecule has 0 fully saturated rings. The van der Waals surface area contributed by atoms with Crippen LogP contribution in [0.1, 0.15) is 12.5 Å². The van der Waals surface area contributed by atoms with E-state index in [0.717, 1.165) is 18.0 Å². The Morgan fingerprint density at radius 3 is 2.85 bits per heavy atom. The van der Waals surface area contributed by atoms with Crippen LogP contribution in [0.4, 0.5) is 0 Å². The minimum atomic E-state index is -0.0679. The fraction of sp³-hybridized carbons (Fsp3) is 0.533. The van der Waals surface area contributed by atoms with Crippen molar-refractivity contribution >= 4 is 17.7 Å². The average Bonchev–Trinajstić information content (AvgIpc) is 2.43. The SMILES string of the molecule is COCCNCc1cccc(SC(C)C(=O)N(C)C)c1. The van der Waals surface area contributed by atoms with Gasteiger partial charge < -0.3 is 15.0 Å². The van der Waals surface area contributed by atoms with Crippen LogP contribution < -0.4 is 5.32 Å². The van der Waals surface area contributed by atoms with Gasteiger partial charge in [0.05, 0.1) is 11.9 Å². The van der Waals surface area contributed by atoms with E-state index in [9.17, 15) is 4.79 Å². The number of nitrogens with one attached hydrogen (secondary N) is 1. The average molecular weight is 296 g/mol. The molecule has 0 aliphatic heterocycles. The Morgan fingerprint density at radius 2 is 2.20 bits per heavy atom. The van der Waals surface area contributed by atoms with E-state index in [2.05, 4.69) is 17.4 Å². The van der Waals surface area contributed by atoms with Gasteiger partial charge >= 0.3 is 0 Å². The van der Waals surface area contributed by atoms with Gasteiger partial charge in [-0.3, -0.25) is 4.79 Å². The quantitative estimate of drug-likeness (QED) is 0.588. The van der Waals surface area contributed by atoms with Gasteiger partial charge in [0.2, 0.25) is 5.91 Å². The van der Waals surface area contributed by atoms with Crippen LogP contribution in [0.5, 0.6) is 0 Å². The number of ether oxygens (including phenoxy) is 1. The largest absolute Gasteiger partial charge is 0.383 e. The van der Waals surface area contributed by atoms with Gasteiger partial charge in [-0.15, -0.1) is 11.8 Å². The normalized spacial score (nSPS) is 12.2. The number of carbonyl (C=O) groups is 1. The molecular weight excluding hydrogens is 272 g/mol. The van der Waals surface area contributed by atoms with E-state index in [-0.39, 0.29) is 11.2 Å². The maximum Gasteiger partial charge on any atom is 0.235 e. The van der Waals surface area contributed by atoms with Crippen molar-refractivity contribution < 1.29 is 9.53 Å². The smallest absolute Gasteiger partial charge is 0.235 e. The first-order valence-electron chi connectivity index (χ1n) is 6.71. The molecule has 1 aromatic rings. The fourth-order valence-corrected chi connectivity index (χ4v) is 2.85. The van der Waals surface area contributed by atoms with Crippen molar-refractivity contribution in [2.45, 2.75) is 23.6 Å². The Morgan fingerprint density at radius 1 is 1.45 bits per heavy atom. The number of benzene rings is 1. The van der Waals surface area contributed by atoms with E-state index in [1.54, 1.807) is 37.9 Å². The van der Waals surface area contributed by atoms with Gasteiger partial charge in [0.15, 0.2) is 0 Å². The number of nitrogens with zero attached hydrogens (tertiary/aromatic N) is 1. The van der Waals surface area contributed by atoms with E-state index in [1.807, 2.05) is 19.1 Å². The first-order chi connectivity index (χ1) is 9.54. The molecule has 20 heavy (non-hydrogen) atoms. The topological polar surface area (TPSA) is 41.6 Å². The van der Waals surface area contributed by atoms with E-state index >= 15 is 0 Å². The van der Waals surface area contributed by atoms with Gasteiger partial charge in [-0.1, -0.05) is 12.1 Å². The van der Waals surface area contributed by atoms with E-state index < -0.39 is 0 Å². The molecule has 0 saturated heterocycles. The number of rotatable bonds is 8. The monoisotopic (exact) mass is 296 g/mol. The Labute approximate surface area is 125 Å². The molecule has 1 unspecified atom stereocenters. The summed E-state index contributed by atoms with van der Waals surface area (Å²) in [6.07, 6.45) is 0. The summed E-state index contributed by atoms with van der Waals surface area (Å²) in [5, 5.41) is 3.25. The second-order valence-corrected chi connectivity index (χ2v) is 6.22. The van der Waals surface area contributed by atoms with Crippen LogP contribution in [0.25, 0.3) is 0 Å². The lowest BCUT2D eigenvalue weighted by Crippen LogP contribution is -2.29. The van der Waals surface area contributed by atoms with Crippen LogP contribution in [0.15, 0.2) is 29.2 Å². The van der Waals surface area contributed by atoms with E-state index in [0.29, 0.717) is 6.61 Å². The molecule has 1 rings (SSSR count). The van der Waals surface area contributed by atoms with Crippen molar-refractivity contribution in [3.05, 3.63) is 29.8 Å². The molecule has 0 bridgehead atoms. The molecule has 0 spiro atoms. The second kappa shape index (κ2) is 9.00. The van der Waals surface area contributed by atoms with E-state index in [4.69, 9.17) is 4.74 Å². The molecule has 0 radical (unpaired) electrons. The highest BCUT2D eigenvalue weighted by molar-refractivity contribution is 8.00. The lowest BCUT2D eigenvalue weighted by molar-refractivity contribution is -0.127. The third-order valence-corrected chi connectivity index (χ3v) is 3.89. The number of amides is 1. The second-order valence-electron chi connectivity index (χ2n) is 4.81. The summed E-state index contributed by atoms with van der Waals surface area (Å²) in [5.41, 5.74) is 1.22. The maximum atomic E-state index is 11.9. The van der Waals surface area contributed by atoms with Crippen LogP contribution in [0.3, 0.4) is 0 Å². The minimum Gasteiger partial charge on any atom is -0.383 e. The lowest BCUT2D eigenvalue weighted by Gasteiger charge is -2.16. The third-order valence-electron chi connectivity index (χ3n) is 2.81. The summed E-state index contributed by atoms with van der Waals surface area (Å²) in [4.78, 5) is 14.6. The highest BCUT2D eigenvalue weighted by Gasteiger charge is 2.15. The first-order valence-corrected chi connectivity index (χ1v) is 7.59. The molecule has 0 aliphatic rings. The number of thioether (sulfide) groups is 1. The number of carbonyl (C=O) groups excluding carboxylic acids is 1. The molecule has 0 aliphatic carbocycles. The Balaban J connectivity index is 2.53. The number of hydrogen-bond donors (Lipinski definition) is 1. The van der Waals surface area contributed by atoms with Crippen molar-refractivity contribution in [2.75, 3.05) is 34.4 Å². The summed E-state index contributed by atoms with van der Waals surface area (Å²) in [6, 6.07) is 8.29. The third kappa shape index (κ3) is 5.94. The van der Waals surface area contributed by atoms with Gasteiger partial charge in [-0.25, -0.2) is 0 Å². The Hall–Kier alpha value is -1.04. The minimum absolute atomic E-state index is 0.0679. The van der Waals surface area contributed by atoms with Gasteiger partial charge in [-0.05, 0) is 24.6 Å². The van der Waals surface area contributed by atoms with Crippen LogP contribution in [-0.4, -0.2) is 50.4 Å². The molecule has 1 atom stereocenters. The Kier molecular flexibility index (Phi) is 7.65. The summed E-state index contributed by atoms with van der Waals surface area (Å²) in [7, 11) is 5.27. The molecule has 112 valence electrons. The zero-order chi connectivity index (χ0) is 15.0. The van der Waals surface area contributed by atoms with Crippen LogP contribution in [-0.2, 0) is 16.1 Å². The first kappa shape index (κ1) is 17.0. The Bertz CT molecular complexity index is 424. The lowest BCUT2D eigenvalue weighted by atomic mass is 10.2. The highest BCUT2D eigenvalue weighted by Crippen LogP contribution is 2.24. The van der Waals surface area contributed by atoms with Crippen molar-refractivity contribution in [1.29, 1.82) is 0 Å². The summed E-state index contributed by atoms with van der Waals surface area (Å²) in [6.45, 7) is 4.30. The van der Waals surface area contributed by atoms with Crippen molar-refractivity contribution in [3.8, 4) is 0 Å². The van der Waals surface area contributed by atoms with Crippen molar-refractivity contribution in [3.63, 3.8) is 0 Å². The molecule has 1 N–H and O–H groups in total. The van der Waals surface area contributed by atoms with Crippen LogP contribution in [0.2, 0.25) is 0 Å². The van der Waals surface area contributed by atoms with Gasteiger partial charge in [0, 0.05) is 39.2 Å².